The zero-order valence-electron chi connectivity index (χ0n) is 13.5. The third-order valence-electron chi connectivity index (χ3n) is 3.20. The maximum absolute atomic E-state index is 5.36. The van der Waals surface area contributed by atoms with E-state index in [2.05, 4.69) is 56.8 Å². The van der Waals surface area contributed by atoms with Crippen LogP contribution in [-0.4, -0.2) is 20.0 Å². The van der Waals surface area contributed by atoms with Crippen molar-refractivity contribution in [2.24, 2.45) is 0 Å². The lowest BCUT2D eigenvalue weighted by Crippen LogP contribution is -2.19. The van der Waals surface area contributed by atoms with Crippen LogP contribution in [0.2, 0.25) is 0 Å². The summed E-state index contributed by atoms with van der Waals surface area (Å²) in [4.78, 5) is 0. The summed E-state index contributed by atoms with van der Waals surface area (Å²) in [7, 11) is 0. The average Bonchev–Trinajstić information content (AvgIpc) is 2.37. The lowest BCUT2D eigenvalue weighted by molar-refractivity contribution is 0.539. The predicted octanol–water partition coefficient (Wildman–Crippen LogP) is 3.99. The molecule has 0 aliphatic rings. The molecule has 2 rings (SSSR count). The van der Waals surface area contributed by atoms with Gasteiger partial charge in [0.2, 0.25) is 0 Å². The van der Waals surface area contributed by atoms with Gasteiger partial charge in [-0.3, -0.25) is 0 Å². The molecule has 0 N–H and O–H groups in total. The highest BCUT2D eigenvalue weighted by molar-refractivity contribution is 7.71. The van der Waals surface area contributed by atoms with Crippen LogP contribution in [0.3, 0.4) is 0 Å². The lowest BCUT2D eigenvalue weighted by atomic mass is 9.92. The summed E-state index contributed by atoms with van der Waals surface area (Å²) in [6.07, 6.45) is 0. The summed E-state index contributed by atoms with van der Waals surface area (Å²) in [5, 5.41) is 13.2. The Hall–Kier alpha value is -1.62. The fourth-order valence-electron chi connectivity index (χ4n) is 1.81. The molecule has 0 aliphatic heterocycles. The molecule has 0 unspecified atom stereocenters. The molecular weight excluding hydrogens is 280 g/mol. The Balaban J connectivity index is 2.49. The van der Waals surface area contributed by atoms with Gasteiger partial charge in [0.15, 0.2) is 5.82 Å². The van der Waals surface area contributed by atoms with Gasteiger partial charge in [0.1, 0.15) is 4.64 Å². The molecule has 21 heavy (non-hydrogen) atoms. The zero-order chi connectivity index (χ0) is 15.8. The topological polar surface area (TPSA) is 43.6 Å². The van der Waals surface area contributed by atoms with Gasteiger partial charge in [-0.1, -0.05) is 53.8 Å². The molecule has 0 aliphatic carbocycles. The summed E-state index contributed by atoms with van der Waals surface area (Å²) in [6, 6.07) is 7.76. The van der Waals surface area contributed by atoms with Crippen molar-refractivity contribution in [1.82, 2.24) is 20.0 Å². The highest BCUT2D eigenvalue weighted by atomic mass is 32.1. The van der Waals surface area contributed by atoms with E-state index in [0.717, 1.165) is 11.4 Å². The first-order valence-corrected chi connectivity index (χ1v) is 7.45. The molecular formula is C16H22N4S. The number of hydrogen-bond donors (Lipinski definition) is 0. The van der Waals surface area contributed by atoms with E-state index >= 15 is 0 Å². The fraction of sp³-hybridized carbons (Fsp3) is 0.500. The third kappa shape index (κ3) is 3.53. The van der Waals surface area contributed by atoms with Gasteiger partial charge < -0.3 is 0 Å². The second-order valence-corrected chi connectivity index (χ2v) is 7.66. The molecule has 0 aromatic carbocycles. The van der Waals surface area contributed by atoms with E-state index < -0.39 is 0 Å². The van der Waals surface area contributed by atoms with Crippen molar-refractivity contribution in [2.45, 2.75) is 52.4 Å². The Labute approximate surface area is 131 Å². The van der Waals surface area contributed by atoms with Gasteiger partial charge in [-0.15, -0.1) is 5.10 Å². The highest BCUT2D eigenvalue weighted by Gasteiger charge is 2.18. The first-order valence-electron chi connectivity index (χ1n) is 7.04. The van der Waals surface area contributed by atoms with E-state index in [1.54, 1.807) is 4.68 Å². The smallest absolute Gasteiger partial charge is 0.177 e. The van der Waals surface area contributed by atoms with Crippen LogP contribution < -0.4 is 0 Å². The van der Waals surface area contributed by atoms with Crippen molar-refractivity contribution in [3.8, 4) is 5.82 Å². The van der Waals surface area contributed by atoms with Crippen LogP contribution in [0.1, 0.15) is 52.9 Å². The molecule has 112 valence electrons. The molecule has 0 saturated carbocycles. The standard InChI is InChI=1S/C16H22N4S/c1-15(2,3)11-7-9-13(18-17-11)20-14(21)10-8-12(19-20)16(4,5)6/h7-10H,1-6H3. The molecule has 0 radical (unpaired) electrons. The molecule has 2 aromatic rings. The Morgan fingerprint density at radius 2 is 1.38 bits per heavy atom. The lowest BCUT2D eigenvalue weighted by Gasteiger charge is -2.19. The minimum absolute atomic E-state index is 0.0202. The Kier molecular flexibility index (Phi) is 3.97. The molecule has 5 heteroatoms. The fourth-order valence-corrected chi connectivity index (χ4v) is 2.02. The van der Waals surface area contributed by atoms with Crippen molar-refractivity contribution >= 4 is 12.2 Å². The summed E-state index contributed by atoms with van der Waals surface area (Å²) in [6.45, 7) is 12.7. The number of aromatic nitrogens is 4. The van der Waals surface area contributed by atoms with Crippen LogP contribution in [0.25, 0.3) is 5.82 Å². The molecule has 4 nitrogen and oxygen atoms in total. The van der Waals surface area contributed by atoms with E-state index in [-0.39, 0.29) is 10.8 Å². The molecule has 0 fully saturated rings. The minimum atomic E-state index is -0.0381. The second kappa shape index (κ2) is 5.30. The summed E-state index contributed by atoms with van der Waals surface area (Å²) in [5.74, 6) is 0.652. The number of rotatable bonds is 1. The maximum Gasteiger partial charge on any atom is 0.177 e. The van der Waals surface area contributed by atoms with E-state index in [9.17, 15) is 0 Å². The van der Waals surface area contributed by atoms with E-state index in [4.69, 9.17) is 12.2 Å². The number of nitrogens with zero attached hydrogens (tertiary/aromatic N) is 4. The molecule has 0 spiro atoms. The van der Waals surface area contributed by atoms with Crippen molar-refractivity contribution in [1.29, 1.82) is 0 Å². The highest BCUT2D eigenvalue weighted by Crippen LogP contribution is 2.21. The van der Waals surface area contributed by atoms with Gasteiger partial charge >= 0.3 is 0 Å². The van der Waals surface area contributed by atoms with E-state index in [0.29, 0.717) is 10.5 Å². The largest absolute Gasteiger partial charge is 0.202 e. The van der Waals surface area contributed by atoms with Crippen LogP contribution in [0, 0.1) is 4.64 Å². The molecule has 2 aromatic heterocycles. The van der Waals surface area contributed by atoms with Gasteiger partial charge in [-0.05, 0) is 24.3 Å². The molecule has 0 atom stereocenters. The van der Waals surface area contributed by atoms with Crippen LogP contribution in [0.15, 0.2) is 24.3 Å². The molecule has 0 bridgehead atoms. The number of hydrogen-bond acceptors (Lipinski definition) is 4. The average molecular weight is 302 g/mol. The van der Waals surface area contributed by atoms with E-state index in [1.807, 2.05) is 24.3 Å². The predicted molar refractivity (Wildman–Crippen MR) is 87.4 cm³/mol. The summed E-state index contributed by atoms with van der Waals surface area (Å²) < 4.78 is 2.30. The first kappa shape index (κ1) is 15.8. The molecule has 2 heterocycles. The zero-order valence-corrected chi connectivity index (χ0v) is 14.3. The van der Waals surface area contributed by atoms with Gasteiger partial charge in [0.05, 0.1) is 11.4 Å². The van der Waals surface area contributed by atoms with Crippen LogP contribution in [-0.2, 0) is 10.8 Å². The molecule has 0 saturated heterocycles. The van der Waals surface area contributed by atoms with Gasteiger partial charge in [-0.25, -0.2) is 4.68 Å². The summed E-state index contributed by atoms with van der Waals surface area (Å²) in [5.41, 5.74) is 1.86. The third-order valence-corrected chi connectivity index (χ3v) is 3.51. The first-order chi connectivity index (χ1) is 9.59. The van der Waals surface area contributed by atoms with Crippen molar-refractivity contribution < 1.29 is 0 Å². The Bertz CT molecular complexity index is 688. The SMILES string of the molecule is CC(C)(C)c1ccc(-n2nc(C(C)(C)C)ccc2=S)nn1. The van der Waals surface area contributed by atoms with Crippen molar-refractivity contribution in [3.63, 3.8) is 0 Å². The monoisotopic (exact) mass is 302 g/mol. The van der Waals surface area contributed by atoms with E-state index in [1.165, 1.54) is 0 Å². The quantitative estimate of drug-likeness (QED) is 0.747. The van der Waals surface area contributed by atoms with Gasteiger partial charge in [0, 0.05) is 10.8 Å². The van der Waals surface area contributed by atoms with Gasteiger partial charge in [-0.2, -0.15) is 10.2 Å². The van der Waals surface area contributed by atoms with Crippen LogP contribution in [0.5, 0.6) is 0 Å². The van der Waals surface area contributed by atoms with Crippen LogP contribution in [0.4, 0.5) is 0 Å². The second-order valence-electron chi connectivity index (χ2n) is 7.25. The van der Waals surface area contributed by atoms with Gasteiger partial charge in [0.25, 0.3) is 0 Å². The Morgan fingerprint density at radius 1 is 0.810 bits per heavy atom. The molecule has 0 amide bonds. The maximum atomic E-state index is 5.36. The summed E-state index contributed by atoms with van der Waals surface area (Å²) >= 11 is 5.36. The van der Waals surface area contributed by atoms with Crippen molar-refractivity contribution in [2.75, 3.05) is 0 Å². The normalized spacial score (nSPS) is 12.5. The van der Waals surface area contributed by atoms with Crippen molar-refractivity contribution in [3.05, 3.63) is 40.3 Å². The minimum Gasteiger partial charge on any atom is -0.202 e. The van der Waals surface area contributed by atoms with Crippen LogP contribution >= 0.6 is 12.2 Å². The Morgan fingerprint density at radius 3 is 1.86 bits per heavy atom.